The molecule has 27 heavy (non-hydrogen) atoms. The molecule has 1 aromatic carbocycles. The molecule has 144 valence electrons. The van der Waals surface area contributed by atoms with Crippen LogP contribution >= 0.6 is 0 Å². The third kappa shape index (κ3) is 4.06. The van der Waals surface area contributed by atoms with Crippen LogP contribution in [0.1, 0.15) is 33.1 Å². The molecule has 2 aromatic rings. The Morgan fingerprint density at radius 3 is 2.48 bits per heavy atom. The summed E-state index contributed by atoms with van der Waals surface area (Å²) in [6, 6.07) is 12.6. The van der Waals surface area contributed by atoms with Crippen molar-refractivity contribution < 1.29 is 9.47 Å². The second-order valence-corrected chi connectivity index (χ2v) is 7.35. The standard InChI is InChI=1S/C21H28N4O2/c1-3-16(2)22-18-15-19(24-20(23-18)17-7-5-4-6-8-17)25-11-9-21(10-12-25)26-13-14-27-21/h4-8,15-16H,3,9-14H2,1-2H3,(H,22,23,24). The maximum atomic E-state index is 5.86. The Balaban J connectivity index is 1.60. The van der Waals surface area contributed by atoms with E-state index in [1.807, 2.05) is 18.2 Å². The number of nitrogens with one attached hydrogen (secondary N) is 1. The minimum atomic E-state index is -0.371. The van der Waals surface area contributed by atoms with Crippen LogP contribution in [0.3, 0.4) is 0 Å². The fourth-order valence-corrected chi connectivity index (χ4v) is 3.60. The molecule has 2 fully saturated rings. The fraction of sp³-hybridized carbons (Fsp3) is 0.524. The van der Waals surface area contributed by atoms with Crippen molar-refractivity contribution in [1.82, 2.24) is 9.97 Å². The van der Waals surface area contributed by atoms with Gasteiger partial charge in [-0.1, -0.05) is 37.3 Å². The molecule has 2 aliphatic heterocycles. The lowest BCUT2D eigenvalue weighted by atomic mass is 10.0. The number of anilines is 2. The molecule has 0 bridgehead atoms. The van der Waals surface area contributed by atoms with Crippen LogP contribution in [-0.4, -0.2) is 48.1 Å². The normalized spacial score (nSPS) is 20.0. The highest BCUT2D eigenvalue weighted by Crippen LogP contribution is 2.33. The van der Waals surface area contributed by atoms with E-state index in [4.69, 9.17) is 19.4 Å². The molecule has 0 radical (unpaired) electrons. The number of hydrogen-bond donors (Lipinski definition) is 1. The van der Waals surface area contributed by atoms with E-state index in [1.54, 1.807) is 0 Å². The summed E-state index contributed by atoms with van der Waals surface area (Å²) in [7, 11) is 0. The number of nitrogens with zero attached hydrogens (tertiary/aromatic N) is 3. The van der Waals surface area contributed by atoms with E-state index >= 15 is 0 Å². The highest BCUT2D eigenvalue weighted by Gasteiger charge is 2.40. The third-order valence-electron chi connectivity index (χ3n) is 5.41. The van der Waals surface area contributed by atoms with E-state index in [1.165, 1.54) is 0 Å². The Labute approximate surface area is 160 Å². The zero-order valence-corrected chi connectivity index (χ0v) is 16.1. The van der Waals surface area contributed by atoms with Crippen molar-refractivity contribution in [2.45, 2.75) is 44.9 Å². The van der Waals surface area contributed by atoms with Crippen molar-refractivity contribution in [3.05, 3.63) is 36.4 Å². The molecule has 1 spiro atoms. The second kappa shape index (κ2) is 7.82. The lowest BCUT2D eigenvalue weighted by Crippen LogP contribution is -2.45. The first-order valence-corrected chi connectivity index (χ1v) is 9.91. The molecule has 0 amide bonds. The van der Waals surface area contributed by atoms with Gasteiger partial charge in [0.05, 0.1) is 13.2 Å². The van der Waals surface area contributed by atoms with E-state index in [2.05, 4.69) is 42.3 Å². The Morgan fingerprint density at radius 1 is 1.11 bits per heavy atom. The van der Waals surface area contributed by atoms with Gasteiger partial charge in [0.25, 0.3) is 0 Å². The number of ether oxygens (including phenoxy) is 2. The van der Waals surface area contributed by atoms with E-state index in [0.29, 0.717) is 19.3 Å². The molecular formula is C21H28N4O2. The Hall–Kier alpha value is -2.18. The van der Waals surface area contributed by atoms with Gasteiger partial charge in [-0.05, 0) is 13.3 Å². The van der Waals surface area contributed by atoms with Crippen molar-refractivity contribution in [3.8, 4) is 11.4 Å². The van der Waals surface area contributed by atoms with Crippen LogP contribution in [0.2, 0.25) is 0 Å². The van der Waals surface area contributed by atoms with Crippen molar-refractivity contribution in [3.63, 3.8) is 0 Å². The number of rotatable bonds is 5. The summed E-state index contributed by atoms with van der Waals surface area (Å²) in [5.41, 5.74) is 1.03. The lowest BCUT2D eigenvalue weighted by Gasteiger charge is -2.38. The predicted octanol–water partition coefficient (Wildman–Crippen LogP) is 3.70. The van der Waals surface area contributed by atoms with E-state index in [0.717, 1.165) is 55.4 Å². The molecule has 6 nitrogen and oxygen atoms in total. The maximum Gasteiger partial charge on any atom is 0.171 e. The van der Waals surface area contributed by atoms with E-state index in [9.17, 15) is 0 Å². The molecule has 1 atom stereocenters. The van der Waals surface area contributed by atoms with Gasteiger partial charge in [-0.3, -0.25) is 0 Å². The SMILES string of the molecule is CCC(C)Nc1cc(N2CCC3(CC2)OCCO3)nc(-c2ccccc2)n1. The summed E-state index contributed by atoms with van der Waals surface area (Å²) < 4.78 is 11.7. The van der Waals surface area contributed by atoms with Gasteiger partial charge < -0.3 is 19.7 Å². The quantitative estimate of drug-likeness (QED) is 0.868. The van der Waals surface area contributed by atoms with Crippen LogP contribution in [-0.2, 0) is 9.47 Å². The number of piperidine rings is 1. The third-order valence-corrected chi connectivity index (χ3v) is 5.41. The highest BCUT2D eigenvalue weighted by atomic mass is 16.7. The van der Waals surface area contributed by atoms with Crippen molar-refractivity contribution in [2.24, 2.45) is 0 Å². The van der Waals surface area contributed by atoms with Crippen molar-refractivity contribution >= 4 is 11.6 Å². The molecule has 4 rings (SSSR count). The minimum absolute atomic E-state index is 0.362. The molecule has 3 heterocycles. The summed E-state index contributed by atoms with van der Waals surface area (Å²) in [5.74, 6) is 2.22. The van der Waals surface area contributed by atoms with Crippen LogP contribution in [0.5, 0.6) is 0 Å². The average molecular weight is 368 g/mol. The summed E-state index contributed by atoms with van der Waals surface area (Å²) >= 11 is 0. The number of hydrogen-bond acceptors (Lipinski definition) is 6. The molecule has 1 aromatic heterocycles. The molecule has 0 aliphatic carbocycles. The first-order valence-electron chi connectivity index (χ1n) is 9.91. The van der Waals surface area contributed by atoms with Crippen LogP contribution in [0.25, 0.3) is 11.4 Å². The maximum absolute atomic E-state index is 5.86. The van der Waals surface area contributed by atoms with Gasteiger partial charge in [0.15, 0.2) is 11.6 Å². The van der Waals surface area contributed by atoms with E-state index < -0.39 is 0 Å². The van der Waals surface area contributed by atoms with Gasteiger partial charge in [0.2, 0.25) is 0 Å². The second-order valence-electron chi connectivity index (χ2n) is 7.35. The molecule has 6 heteroatoms. The van der Waals surface area contributed by atoms with Gasteiger partial charge in [-0.2, -0.15) is 0 Å². The van der Waals surface area contributed by atoms with Gasteiger partial charge in [0, 0.05) is 43.6 Å². The lowest BCUT2D eigenvalue weighted by molar-refractivity contribution is -0.169. The summed E-state index contributed by atoms with van der Waals surface area (Å²) in [6.07, 6.45) is 2.78. The van der Waals surface area contributed by atoms with Gasteiger partial charge in [-0.25, -0.2) is 9.97 Å². The Kier molecular flexibility index (Phi) is 5.27. The van der Waals surface area contributed by atoms with Gasteiger partial charge in [-0.15, -0.1) is 0 Å². The molecular weight excluding hydrogens is 340 g/mol. The minimum Gasteiger partial charge on any atom is -0.367 e. The van der Waals surface area contributed by atoms with Crippen LogP contribution in [0, 0.1) is 0 Å². The summed E-state index contributed by atoms with van der Waals surface area (Å²) in [6.45, 7) is 7.48. The zero-order chi connectivity index (χ0) is 18.7. The van der Waals surface area contributed by atoms with Gasteiger partial charge >= 0.3 is 0 Å². The summed E-state index contributed by atoms with van der Waals surface area (Å²) in [4.78, 5) is 11.9. The molecule has 0 saturated carbocycles. The molecule has 2 saturated heterocycles. The topological polar surface area (TPSA) is 59.5 Å². The fourth-order valence-electron chi connectivity index (χ4n) is 3.60. The van der Waals surface area contributed by atoms with E-state index in [-0.39, 0.29) is 5.79 Å². The average Bonchev–Trinajstić information content (AvgIpc) is 3.17. The monoisotopic (exact) mass is 368 g/mol. The van der Waals surface area contributed by atoms with Crippen molar-refractivity contribution in [1.29, 1.82) is 0 Å². The zero-order valence-electron chi connectivity index (χ0n) is 16.1. The van der Waals surface area contributed by atoms with Gasteiger partial charge in [0.1, 0.15) is 11.6 Å². The Morgan fingerprint density at radius 2 is 1.81 bits per heavy atom. The molecule has 1 N–H and O–H groups in total. The summed E-state index contributed by atoms with van der Waals surface area (Å²) in [5, 5.41) is 3.50. The molecule has 1 unspecified atom stereocenters. The number of aromatic nitrogens is 2. The number of benzene rings is 1. The van der Waals surface area contributed by atoms with Crippen LogP contribution in [0.4, 0.5) is 11.6 Å². The van der Waals surface area contributed by atoms with Crippen LogP contribution in [0.15, 0.2) is 36.4 Å². The smallest absolute Gasteiger partial charge is 0.171 e. The van der Waals surface area contributed by atoms with Crippen LogP contribution < -0.4 is 10.2 Å². The highest BCUT2D eigenvalue weighted by molar-refractivity contribution is 5.62. The first-order chi connectivity index (χ1) is 13.2. The Bertz CT molecular complexity index is 752. The molecule has 2 aliphatic rings. The first kappa shape index (κ1) is 18.2. The predicted molar refractivity (Wildman–Crippen MR) is 107 cm³/mol. The van der Waals surface area contributed by atoms with Crippen molar-refractivity contribution in [2.75, 3.05) is 36.5 Å². The largest absolute Gasteiger partial charge is 0.367 e.